The fraction of sp³-hybridized carbons (Fsp3) is 0.250. The summed E-state index contributed by atoms with van der Waals surface area (Å²) in [5, 5.41) is 0. The lowest BCUT2D eigenvalue weighted by Gasteiger charge is -2.22. The number of anilines is 1. The Hall–Kier alpha value is -3.44. The van der Waals surface area contributed by atoms with Gasteiger partial charge in [-0.15, -0.1) is 0 Å². The highest BCUT2D eigenvalue weighted by Crippen LogP contribution is 2.32. The van der Waals surface area contributed by atoms with Crippen molar-refractivity contribution in [1.29, 1.82) is 0 Å². The average molecular weight is 506 g/mol. The van der Waals surface area contributed by atoms with Gasteiger partial charge in [0, 0.05) is 37.2 Å². The molecule has 11 heteroatoms. The molecule has 1 aliphatic heterocycles. The lowest BCUT2D eigenvalue weighted by atomic mass is 10.1. The molecule has 184 valence electrons. The van der Waals surface area contributed by atoms with E-state index in [9.17, 15) is 26.4 Å². The third-order valence-electron chi connectivity index (χ3n) is 5.74. The molecular weight excluding hydrogens is 483 g/mol. The van der Waals surface area contributed by atoms with Gasteiger partial charge in [-0.1, -0.05) is 18.2 Å². The molecule has 1 fully saturated rings. The van der Waals surface area contributed by atoms with Gasteiger partial charge in [-0.25, -0.2) is 13.2 Å². The number of para-hydroxylation sites is 1. The highest BCUT2D eigenvalue weighted by Gasteiger charge is 2.46. The highest BCUT2D eigenvalue weighted by molar-refractivity contribution is 7.92. The number of halogens is 3. The van der Waals surface area contributed by atoms with E-state index in [4.69, 9.17) is 4.74 Å². The van der Waals surface area contributed by atoms with Crippen molar-refractivity contribution in [3.05, 3.63) is 84.2 Å². The maximum absolute atomic E-state index is 12.8. The summed E-state index contributed by atoms with van der Waals surface area (Å²) in [7, 11) is -5.39. The van der Waals surface area contributed by atoms with Crippen LogP contribution in [0.25, 0.3) is 0 Å². The molecule has 1 unspecified atom stereocenters. The molecule has 0 aliphatic carbocycles. The van der Waals surface area contributed by atoms with Crippen molar-refractivity contribution >= 4 is 21.5 Å². The van der Waals surface area contributed by atoms with Crippen LogP contribution >= 0.6 is 0 Å². The van der Waals surface area contributed by atoms with Crippen molar-refractivity contribution in [3.8, 4) is 5.75 Å². The quantitative estimate of drug-likeness (QED) is 0.366. The van der Waals surface area contributed by atoms with Gasteiger partial charge in [0.2, 0.25) is 0 Å². The summed E-state index contributed by atoms with van der Waals surface area (Å²) in [4.78, 5) is 20.0. The molecule has 35 heavy (non-hydrogen) atoms. The van der Waals surface area contributed by atoms with Gasteiger partial charge in [0.1, 0.15) is 5.75 Å². The largest absolute Gasteiger partial charge is 0.501 e. The predicted octanol–water partition coefficient (Wildman–Crippen LogP) is 4.26. The van der Waals surface area contributed by atoms with Crippen molar-refractivity contribution in [1.82, 2.24) is 9.88 Å². The number of rotatable bonds is 6. The zero-order chi connectivity index (χ0) is 25.2. The second-order valence-electron chi connectivity index (χ2n) is 8.14. The normalized spacial score (nSPS) is 16.9. The van der Waals surface area contributed by atoms with Crippen molar-refractivity contribution in [2.45, 2.75) is 29.9 Å². The first kappa shape index (κ1) is 24.7. The van der Waals surface area contributed by atoms with Crippen molar-refractivity contribution in [2.24, 2.45) is 0 Å². The number of carbonyl (C=O) groups excluding carboxylic acids is 1. The summed E-state index contributed by atoms with van der Waals surface area (Å²) in [6.45, 7) is 3.41. The zero-order valence-corrected chi connectivity index (χ0v) is 19.5. The van der Waals surface area contributed by atoms with Crippen LogP contribution in [-0.2, 0) is 16.4 Å². The highest BCUT2D eigenvalue weighted by atomic mass is 32.2. The third kappa shape index (κ3) is 5.30. The number of hydrogen-bond donors (Lipinski definition) is 0. The van der Waals surface area contributed by atoms with Crippen LogP contribution in [0.15, 0.2) is 78.0 Å². The standard InChI is InChI=1S/C24H22F3N3O4S/c1-17-14-30(19-7-9-21(10-8-19)35(32,33)24(25,26)27)16-29(17)15-18-11-12-28-13-22(18)23(31)34-20-5-3-2-4-6-20/h2-13,17H,14-16H2,1H3. The number of carbonyl (C=O) groups is 1. The Kier molecular flexibility index (Phi) is 6.82. The molecule has 1 saturated heterocycles. The first-order valence-corrected chi connectivity index (χ1v) is 12.1. The van der Waals surface area contributed by atoms with Gasteiger partial charge in [0.05, 0.1) is 17.1 Å². The molecule has 1 aromatic heterocycles. The second-order valence-corrected chi connectivity index (χ2v) is 10.1. The van der Waals surface area contributed by atoms with Gasteiger partial charge in [0.15, 0.2) is 0 Å². The molecule has 0 radical (unpaired) electrons. The average Bonchev–Trinajstić information content (AvgIpc) is 3.19. The molecule has 0 N–H and O–H groups in total. The zero-order valence-electron chi connectivity index (χ0n) is 18.6. The Labute approximate surface area is 200 Å². The van der Waals surface area contributed by atoms with Gasteiger partial charge < -0.3 is 9.64 Å². The molecule has 0 bridgehead atoms. The van der Waals surface area contributed by atoms with E-state index < -0.39 is 26.2 Å². The van der Waals surface area contributed by atoms with E-state index in [1.54, 1.807) is 36.5 Å². The minimum atomic E-state index is -5.39. The number of esters is 1. The topological polar surface area (TPSA) is 79.8 Å². The fourth-order valence-corrected chi connectivity index (χ4v) is 4.59. The molecular formula is C24H22F3N3O4S. The Morgan fingerprint density at radius 3 is 2.43 bits per heavy atom. The first-order chi connectivity index (χ1) is 16.6. The minimum Gasteiger partial charge on any atom is -0.423 e. The molecule has 7 nitrogen and oxygen atoms in total. The van der Waals surface area contributed by atoms with Crippen LogP contribution in [0, 0.1) is 0 Å². The van der Waals surface area contributed by atoms with Crippen LogP contribution in [0.3, 0.4) is 0 Å². The van der Waals surface area contributed by atoms with E-state index in [0.29, 0.717) is 36.8 Å². The molecule has 0 saturated carbocycles. The summed E-state index contributed by atoms with van der Waals surface area (Å²) in [5.41, 5.74) is -3.69. The maximum Gasteiger partial charge on any atom is 0.501 e. The lowest BCUT2D eigenvalue weighted by molar-refractivity contribution is -0.0436. The molecule has 0 amide bonds. The number of ether oxygens (including phenoxy) is 1. The van der Waals surface area contributed by atoms with Crippen LogP contribution in [-0.4, -0.2) is 49.0 Å². The molecule has 1 atom stereocenters. The summed E-state index contributed by atoms with van der Waals surface area (Å²) < 4.78 is 67.1. The predicted molar refractivity (Wildman–Crippen MR) is 123 cm³/mol. The fourth-order valence-electron chi connectivity index (χ4n) is 3.83. The number of alkyl halides is 3. The number of pyridine rings is 1. The van der Waals surface area contributed by atoms with Crippen molar-refractivity contribution in [3.63, 3.8) is 0 Å². The Bertz CT molecular complexity index is 1300. The van der Waals surface area contributed by atoms with E-state index in [2.05, 4.69) is 9.88 Å². The number of aromatic nitrogens is 1. The van der Waals surface area contributed by atoms with Gasteiger partial charge >= 0.3 is 11.5 Å². The number of benzene rings is 2. The van der Waals surface area contributed by atoms with Gasteiger partial charge in [-0.2, -0.15) is 13.2 Å². The van der Waals surface area contributed by atoms with Gasteiger partial charge in [0.25, 0.3) is 9.84 Å². The molecule has 4 rings (SSSR count). The van der Waals surface area contributed by atoms with Crippen LogP contribution < -0.4 is 9.64 Å². The lowest BCUT2D eigenvalue weighted by Crippen LogP contribution is -2.29. The van der Waals surface area contributed by atoms with Crippen molar-refractivity contribution < 1.29 is 31.1 Å². The SMILES string of the molecule is CC1CN(c2ccc(S(=O)(=O)C(F)(F)F)cc2)CN1Cc1ccncc1C(=O)Oc1ccccc1. The van der Waals surface area contributed by atoms with Crippen LogP contribution in [0.2, 0.25) is 0 Å². The smallest absolute Gasteiger partial charge is 0.423 e. The van der Waals surface area contributed by atoms with Crippen LogP contribution in [0.1, 0.15) is 22.8 Å². The molecule has 3 aromatic rings. The summed E-state index contributed by atoms with van der Waals surface area (Å²) >= 11 is 0. The van der Waals surface area contributed by atoms with Crippen LogP contribution in [0.4, 0.5) is 18.9 Å². The Balaban J connectivity index is 1.47. The number of sulfone groups is 1. The summed E-state index contributed by atoms with van der Waals surface area (Å²) in [5.74, 6) is -0.103. The number of nitrogens with zero attached hydrogens (tertiary/aromatic N) is 3. The Morgan fingerprint density at radius 1 is 1.09 bits per heavy atom. The van der Waals surface area contributed by atoms with E-state index in [1.807, 2.05) is 17.9 Å². The maximum atomic E-state index is 12.8. The molecule has 2 heterocycles. The minimum absolute atomic E-state index is 0.0553. The summed E-state index contributed by atoms with van der Waals surface area (Å²) in [6, 6.07) is 15.2. The third-order valence-corrected chi connectivity index (χ3v) is 7.24. The molecule has 1 aliphatic rings. The van der Waals surface area contributed by atoms with Gasteiger partial charge in [-0.3, -0.25) is 9.88 Å². The van der Waals surface area contributed by atoms with Crippen LogP contribution in [0.5, 0.6) is 5.75 Å². The van der Waals surface area contributed by atoms with E-state index in [-0.39, 0.29) is 6.04 Å². The van der Waals surface area contributed by atoms with E-state index >= 15 is 0 Å². The molecule has 2 aromatic carbocycles. The first-order valence-electron chi connectivity index (χ1n) is 10.7. The molecule has 0 spiro atoms. The second kappa shape index (κ2) is 9.67. The van der Waals surface area contributed by atoms with E-state index in [0.717, 1.165) is 17.7 Å². The number of hydrogen-bond acceptors (Lipinski definition) is 7. The monoisotopic (exact) mass is 505 g/mol. The Morgan fingerprint density at radius 2 is 1.77 bits per heavy atom. The van der Waals surface area contributed by atoms with E-state index in [1.165, 1.54) is 18.3 Å². The summed E-state index contributed by atoms with van der Waals surface area (Å²) in [6.07, 6.45) is 3.05. The van der Waals surface area contributed by atoms with Gasteiger partial charge in [-0.05, 0) is 55.0 Å². The van der Waals surface area contributed by atoms with Crippen molar-refractivity contribution in [2.75, 3.05) is 18.1 Å².